The standard InChI is InChI=1S/C18H23N3O5/c1-11(2)26-18(25)12(3)10-19-16(22)14-9-15(17(23)24)21(20-14)13-7-5-4-6-8-13/h4-8,11-12,15H,9-10H2,1-3H3,(H,19,22)(H,23,24). The third-order valence-corrected chi connectivity index (χ3v) is 3.80. The molecule has 1 aromatic carbocycles. The largest absolute Gasteiger partial charge is 0.480 e. The van der Waals surface area contributed by atoms with Crippen LogP contribution in [0, 0.1) is 5.92 Å². The molecule has 1 aliphatic heterocycles. The topological polar surface area (TPSA) is 108 Å². The zero-order valence-electron chi connectivity index (χ0n) is 15.0. The molecule has 26 heavy (non-hydrogen) atoms. The molecule has 0 radical (unpaired) electrons. The van der Waals surface area contributed by atoms with Crippen molar-refractivity contribution < 1.29 is 24.2 Å². The molecular formula is C18H23N3O5. The minimum Gasteiger partial charge on any atom is -0.480 e. The number of carboxylic acid groups (broad SMARTS) is 1. The van der Waals surface area contributed by atoms with Gasteiger partial charge in [-0.1, -0.05) is 25.1 Å². The van der Waals surface area contributed by atoms with E-state index in [9.17, 15) is 19.5 Å². The summed E-state index contributed by atoms with van der Waals surface area (Å²) in [5, 5.41) is 17.5. The van der Waals surface area contributed by atoms with E-state index in [-0.39, 0.29) is 24.8 Å². The molecule has 8 heteroatoms. The number of benzene rings is 1. The highest BCUT2D eigenvalue weighted by molar-refractivity contribution is 6.40. The van der Waals surface area contributed by atoms with E-state index < -0.39 is 29.8 Å². The molecule has 2 unspecified atom stereocenters. The number of esters is 1. The molecule has 1 aliphatic rings. The molecule has 0 saturated carbocycles. The maximum atomic E-state index is 12.3. The smallest absolute Gasteiger partial charge is 0.328 e. The van der Waals surface area contributed by atoms with Crippen LogP contribution in [0.4, 0.5) is 5.69 Å². The molecular weight excluding hydrogens is 338 g/mol. The van der Waals surface area contributed by atoms with Crippen molar-refractivity contribution in [2.75, 3.05) is 11.6 Å². The number of hydrogen-bond acceptors (Lipinski definition) is 6. The fourth-order valence-electron chi connectivity index (χ4n) is 2.44. The van der Waals surface area contributed by atoms with Crippen LogP contribution in [0.2, 0.25) is 0 Å². The van der Waals surface area contributed by atoms with E-state index in [1.807, 2.05) is 6.07 Å². The number of carbonyl (C=O) groups is 3. The van der Waals surface area contributed by atoms with Crippen LogP contribution in [0.1, 0.15) is 27.2 Å². The van der Waals surface area contributed by atoms with E-state index in [4.69, 9.17) is 4.74 Å². The summed E-state index contributed by atoms with van der Waals surface area (Å²) in [4.78, 5) is 35.6. The van der Waals surface area contributed by atoms with Gasteiger partial charge in [0.1, 0.15) is 5.71 Å². The van der Waals surface area contributed by atoms with Gasteiger partial charge in [0.15, 0.2) is 6.04 Å². The average Bonchev–Trinajstić information content (AvgIpc) is 3.05. The second kappa shape index (κ2) is 8.46. The number of nitrogens with zero attached hydrogens (tertiary/aromatic N) is 2. The normalized spacial score (nSPS) is 17.6. The summed E-state index contributed by atoms with van der Waals surface area (Å²) in [6.07, 6.45) is -0.239. The molecule has 8 nitrogen and oxygen atoms in total. The summed E-state index contributed by atoms with van der Waals surface area (Å²) >= 11 is 0. The van der Waals surface area contributed by atoms with Crippen molar-refractivity contribution in [3.05, 3.63) is 30.3 Å². The first-order valence-corrected chi connectivity index (χ1v) is 8.42. The first-order chi connectivity index (χ1) is 12.3. The number of carbonyl (C=O) groups excluding carboxylic acids is 2. The second-order valence-electron chi connectivity index (χ2n) is 6.38. The van der Waals surface area contributed by atoms with Gasteiger partial charge >= 0.3 is 11.9 Å². The lowest BCUT2D eigenvalue weighted by Gasteiger charge is -2.19. The SMILES string of the molecule is CC(C)OC(=O)C(C)CNC(=O)C1=NN(c2ccccc2)C(C(=O)O)C1. The Hall–Kier alpha value is -2.90. The van der Waals surface area contributed by atoms with Gasteiger partial charge in [-0.3, -0.25) is 14.6 Å². The van der Waals surface area contributed by atoms with Crippen LogP contribution in [0.5, 0.6) is 0 Å². The van der Waals surface area contributed by atoms with E-state index in [1.165, 1.54) is 5.01 Å². The molecule has 0 fully saturated rings. The first kappa shape index (κ1) is 19.4. The number of anilines is 1. The minimum absolute atomic E-state index is 0.0130. The Bertz CT molecular complexity index is 702. The third kappa shape index (κ3) is 4.81. The molecule has 2 rings (SSSR count). The third-order valence-electron chi connectivity index (χ3n) is 3.80. The van der Waals surface area contributed by atoms with Crippen molar-refractivity contribution >= 4 is 29.2 Å². The zero-order valence-corrected chi connectivity index (χ0v) is 15.0. The molecule has 2 N–H and O–H groups in total. The lowest BCUT2D eigenvalue weighted by atomic mass is 10.1. The van der Waals surface area contributed by atoms with Crippen LogP contribution in [-0.4, -0.2) is 47.4 Å². The number of aliphatic carboxylic acids is 1. The summed E-state index contributed by atoms with van der Waals surface area (Å²) in [6, 6.07) is 7.86. The van der Waals surface area contributed by atoms with Gasteiger partial charge in [-0.15, -0.1) is 0 Å². The van der Waals surface area contributed by atoms with Crippen LogP contribution < -0.4 is 10.3 Å². The van der Waals surface area contributed by atoms with Crippen LogP contribution in [0.3, 0.4) is 0 Å². The van der Waals surface area contributed by atoms with Gasteiger partial charge in [0, 0.05) is 13.0 Å². The van der Waals surface area contributed by atoms with Crippen molar-refractivity contribution in [2.45, 2.75) is 39.3 Å². The number of carboxylic acids is 1. The molecule has 2 atom stereocenters. The summed E-state index contributed by atoms with van der Waals surface area (Å²) in [7, 11) is 0. The van der Waals surface area contributed by atoms with Gasteiger partial charge < -0.3 is 15.2 Å². The highest BCUT2D eigenvalue weighted by Crippen LogP contribution is 2.24. The Labute approximate surface area is 151 Å². The summed E-state index contributed by atoms with van der Waals surface area (Å²) in [5.74, 6) is -2.46. The number of ether oxygens (including phenoxy) is 1. The molecule has 0 aliphatic carbocycles. The predicted octanol–water partition coefficient (Wildman–Crippen LogP) is 1.41. The zero-order chi connectivity index (χ0) is 19.3. The molecule has 1 aromatic rings. The Morgan fingerprint density at radius 3 is 2.50 bits per heavy atom. The van der Waals surface area contributed by atoms with Crippen LogP contribution in [0.15, 0.2) is 35.4 Å². The van der Waals surface area contributed by atoms with Gasteiger partial charge in [-0.05, 0) is 26.0 Å². The van der Waals surface area contributed by atoms with Crippen LogP contribution >= 0.6 is 0 Å². The number of hydrazone groups is 1. The van der Waals surface area contributed by atoms with E-state index in [0.717, 1.165) is 0 Å². The van der Waals surface area contributed by atoms with E-state index in [1.54, 1.807) is 45.0 Å². The molecule has 140 valence electrons. The molecule has 0 bridgehead atoms. The van der Waals surface area contributed by atoms with Gasteiger partial charge in [0.25, 0.3) is 5.91 Å². The lowest BCUT2D eigenvalue weighted by Crippen LogP contribution is -2.38. The Morgan fingerprint density at radius 1 is 1.27 bits per heavy atom. The fraction of sp³-hybridized carbons (Fsp3) is 0.444. The van der Waals surface area contributed by atoms with Crippen molar-refractivity contribution in [1.82, 2.24) is 5.32 Å². The van der Waals surface area contributed by atoms with E-state index in [2.05, 4.69) is 10.4 Å². The van der Waals surface area contributed by atoms with Gasteiger partial charge in [-0.25, -0.2) is 4.79 Å². The molecule has 1 amide bonds. The van der Waals surface area contributed by atoms with Crippen molar-refractivity contribution in [1.29, 1.82) is 0 Å². The average molecular weight is 361 g/mol. The fourth-order valence-corrected chi connectivity index (χ4v) is 2.44. The van der Waals surface area contributed by atoms with Crippen molar-refractivity contribution in [3.63, 3.8) is 0 Å². The van der Waals surface area contributed by atoms with Crippen LogP contribution in [0.25, 0.3) is 0 Å². The Balaban J connectivity index is 2.02. The highest BCUT2D eigenvalue weighted by Gasteiger charge is 2.36. The number of amides is 1. The van der Waals surface area contributed by atoms with E-state index in [0.29, 0.717) is 5.69 Å². The van der Waals surface area contributed by atoms with Gasteiger partial charge in [-0.2, -0.15) is 5.10 Å². The highest BCUT2D eigenvalue weighted by atomic mass is 16.5. The van der Waals surface area contributed by atoms with Crippen LogP contribution in [-0.2, 0) is 19.1 Å². The summed E-state index contributed by atoms with van der Waals surface area (Å²) in [6.45, 7) is 5.24. The van der Waals surface area contributed by atoms with Crippen molar-refractivity contribution in [3.8, 4) is 0 Å². The molecule has 0 saturated heterocycles. The van der Waals surface area contributed by atoms with Crippen molar-refractivity contribution in [2.24, 2.45) is 11.0 Å². The predicted molar refractivity (Wildman–Crippen MR) is 95.8 cm³/mol. The summed E-state index contributed by atoms with van der Waals surface area (Å²) < 4.78 is 5.09. The maximum Gasteiger partial charge on any atom is 0.328 e. The lowest BCUT2D eigenvalue weighted by molar-refractivity contribution is -0.151. The molecule has 1 heterocycles. The first-order valence-electron chi connectivity index (χ1n) is 8.42. The Kier molecular flexibility index (Phi) is 6.32. The van der Waals surface area contributed by atoms with Gasteiger partial charge in [0.2, 0.25) is 0 Å². The quantitative estimate of drug-likeness (QED) is 0.711. The number of nitrogens with one attached hydrogen (secondary N) is 1. The number of hydrogen-bond donors (Lipinski definition) is 2. The molecule has 0 aromatic heterocycles. The second-order valence-corrected chi connectivity index (χ2v) is 6.38. The number of para-hydroxylation sites is 1. The minimum atomic E-state index is -1.06. The monoisotopic (exact) mass is 361 g/mol. The maximum absolute atomic E-state index is 12.3. The summed E-state index contributed by atoms with van der Waals surface area (Å²) in [5.41, 5.74) is 0.710. The van der Waals surface area contributed by atoms with E-state index >= 15 is 0 Å². The number of rotatable bonds is 7. The molecule has 0 spiro atoms. The Morgan fingerprint density at radius 2 is 1.92 bits per heavy atom. The van der Waals surface area contributed by atoms with Gasteiger partial charge in [0.05, 0.1) is 17.7 Å².